The maximum absolute atomic E-state index is 2.54. The van der Waals surface area contributed by atoms with Crippen LogP contribution < -0.4 is 0 Å². The van der Waals surface area contributed by atoms with Crippen LogP contribution in [0.5, 0.6) is 0 Å². The quantitative estimate of drug-likeness (QED) is 0.230. The van der Waals surface area contributed by atoms with E-state index in [9.17, 15) is 0 Å². The van der Waals surface area contributed by atoms with E-state index in [0.717, 1.165) is 0 Å². The van der Waals surface area contributed by atoms with Gasteiger partial charge in [-0.05, 0) is 47.9 Å². The highest BCUT2D eigenvalue weighted by atomic mass is 15.0. The SMILES string of the molecule is Cc1cc2c3c4c1c1ccccc1n4-c1ccccc1C3c1cccc3c4ccccc4n-2c13. The maximum atomic E-state index is 2.54. The number of hydrogen-bond acceptors (Lipinski definition) is 0. The Bertz CT molecular complexity index is 2030. The van der Waals surface area contributed by atoms with E-state index in [1.54, 1.807) is 0 Å². The number of nitrogens with zero attached hydrogens (tertiary/aromatic N) is 2. The molecule has 0 radical (unpaired) electrons. The van der Waals surface area contributed by atoms with Gasteiger partial charge in [-0.25, -0.2) is 0 Å². The van der Waals surface area contributed by atoms with Crippen molar-refractivity contribution in [3.05, 3.63) is 119 Å². The van der Waals surface area contributed by atoms with Crippen LogP contribution in [-0.2, 0) is 0 Å². The molecule has 1 unspecified atom stereocenters. The van der Waals surface area contributed by atoms with E-state index in [1.807, 2.05) is 0 Å². The molecule has 0 saturated carbocycles. The lowest BCUT2D eigenvalue weighted by Crippen LogP contribution is -2.21. The highest BCUT2D eigenvalue weighted by Gasteiger charge is 2.38. The molecule has 2 aromatic heterocycles. The first-order valence-corrected chi connectivity index (χ1v) is 12.0. The molecule has 2 nitrogen and oxygen atoms in total. The molecule has 0 fully saturated rings. The minimum absolute atomic E-state index is 0.228. The van der Waals surface area contributed by atoms with Crippen LogP contribution in [0.15, 0.2) is 97.1 Å². The predicted octanol–water partition coefficient (Wildman–Crippen LogP) is 8.00. The number of benzene rings is 5. The topological polar surface area (TPSA) is 9.86 Å². The normalized spacial score (nSPS) is 15.5. The summed E-state index contributed by atoms with van der Waals surface area (Å²) in [4.78, 5) is 0. The summed E-state index contributed by atoms with van der Waals surface area (Å²) in [7, 11) is 0. The number of rotatable bonds is 0. The summed E-state index contributed by atoms with van der Waals surface area (Å²) in [5.41, 5.74) is 13.6. The molecule has 0 amide bonds. The van der Waals surface area contributed by atoms with Crippen LogP contribution in [0.2, 0.25) is 0 Å². The Morgan fingerprint density at radius 2 is 1.21 bits per heavy atom. The van der Waals surface area contributed by atoms with Crippen molar-refractivity contribution in [3.8, 4) is 11.4 Å². The van der Waals surface area contributed by atoms with E-state index >= 15 is 0 Å². The zero-order valence-corrected chi connectivity index (χ0v) is 18.7. The Balaban J connectivity index is 1.64. The maximum Gasteiger partial charge on any atom is 0.0606 e. The highest BCUT2D eigenvalue weighted by Crippen LogP contribution is 2.54. The highest BCUT2D eigenvalue weighted by molar-refractivity contribution is 6.17. The molecule has 5 aromatic carbocycles. The lowest BCUT2D eigenvalue weighted by atomic mass is 9.77. The average molecular weight is 433 g/mol. The van der Waals surface area contributed by atoms with Crippen molar-refractivity contribution < 1.29 is 0 Å². The second-order valence-corrected chi connectivity index (χ2v) is 9.79. The zero-order chi connectivity index (χ0) is 22.1. The van der Waals surface area contributed by atoms with Crippen LogP contribution in [0.25, 0.3) is 55.0 Å². The fraction of sp³-hybridized carbons (Fsp3) is 0.0625. The summed E-state index contributed by atoms with van der Waals surface area (Å²) in [6, 6.07) is 36.1. The van der Waals surface area contributed by atoms with Crippen molar-refractivity contribution in [1.82, 2.24) is 9.13 Å². The Kier molecular flexibility index (Phi) is 2.84. The standard InChI is InChI=1S/C32H20N2/c1-18-17-27-30-29(23-13-8-12-20-19-9-2-5-14-24(19)34(27)31(20)23)22-11-4-7-16-26(22)33-25-15-6-3-10-21(25)28(18)32(30)33/h2-17,29H,1H3. The van der Waals surface area contributed by atoms with E-state index < -0.39 is 0 Å². The van der Waals surface area contributed by atoms with Gasteiger partial charge < -0.3 is 9.13 Å². The Morgan fingerprint density at radius 1 is 0.559 bits per heavy atom. The van der Waals surface area contributed by atoms with Crippen LogP contribution in [-0.4, -0.2) is 9.13 Å². The number of aryl methyl sites for hydroxylation is 1. The van der Waals surface area contributed by atoms with Crippen LogP contribution >= 0.6 is 0 Å². The van der Waals surface area contributed by atoms with Gasteiger partial charge in [-0.2, -0.15) is 0 Å². The van der Waals surface area contributed by atoms with E-state index in [0.29, 0.717) is 0 Å². The molecule has 2 heteroatoms. The molecule has 0 saturated heterocycles. The molecular formula is C32H20N2. The molecule has 0 spiro atoms. The van der Waals surface area contributed by atoms with Crippen molar-refractivity contribution in [3.63, 3.8) is 0 Å². The third kappa shape index (κ3) is 1.73. The molecule has 9 rings (SSSR count). The minimum Gasteiger partial charge on any atom is -0.309 e. The van der Waals surface area contributed by atoms with Gasteiger partial charge in [0, 0.05) is 33.0 Å². The molecule has 34 heavy (non-hydrogen) atoms. The van der Waals surface area contributed by atoms with E-state index in [1.165, 1.54) is 77.2 Å². The monoisotopic (exact) mass is 432 g/mol. The van der Waals surface area contributed by atoms with Gasteiger partial charge in [0.2, 0.25) is 0 Å². The number of hydrogen-bond donors (Lipinski definition) is 0. The fourth-order valence-electron chi connectivity index (χ4n) is 7.03. The summed E-state index contributed by atoms with van der Waals surface area (Å²) in [5.74, 6) is 0.228. The first kappa shape index (κ1) is 17.2. The molecule has 7 aromatic rings. The van der Waals surface area contributed by atoms with E-state index in [4.69, 9.17) is 0 Å². The van der Waals surface area contributed by atoms with Crippen LogP contribution in [0.1, 0.15) is 28.2 Å². The Labute approximate surface area is 196 Å². The fourth-order valence-corrected chi connectivity index (χ4v) is 7.03. The van der Waals surface area contributed by atoms with Gasteiger partial charge in [0.15, 0.2) is 0 Å². The molecule has 2 aliphatic rings. The molecule has 1 atom stereocenters. The summed E-state index contributed by atoms with van der Waals surface area (Å²) >= 11 is 0. The molecular weight excluding hydrogens is 412 g/mol. The van der Waals surface area contributed by atoms with Gasteiger partial charge in [0.25, 0.3) is 0 Å². The summed E-state index contributed by atoms with van der Waals surface area (Å²) in [6.45, 7) is 2.28. The lowest BCUT2D eigenvalue weighted by molar-refractivity contribution is 0.887. The zero-order valence-electron chi connectivity index (χ0n) is 18.7. The van der Waals surface area contributed by atoms with Gasteiger partial charge in [0.1, 0.15) is 0 Å². The first-order chi connectivity index (χ1) is 16.8. The van der Waals surface area contributed by atoms with Crippen molar-refractivity contribution in [2.75, 3.05) is 0 Å². The minimum atomic E-state index is 0.228. The van der Waals surface area contributed by atoms with Crippen molar-refractivity contribution in [2.45, 2.75) is 12.8 Å². The van der Waals surface area contributed by atoms with Crippen molar-refractivity contribution >= 4 is 43.6 Å². The first-order valence-electron chi connectivity index (χ1n) is 12.0. The second kappa shape index (κ2) is 5.60. The largest absolute Gasteiger partial charge is 0.309 e. The molecule has 4 heterocycles. The molecule has 2 aliphatic heterocycles. The van der Waals surface area contributed by atoms with Gasteiger partial charge in [-0.15, -0.1) is 0 Å². The van der Waals surface area contributed by atoms with E-state index in [-0.39, 0.29) is 5.92 Å². The number of para-hydroxylation sites is 4. The molecule has 0 N–H and O–H groups in total. The van der Waals surface area contributed by atoms with Crippen molar-refractivity contribution in [1.29, 1.82) is 0 Å². The van der Waals surface area contributed by atoms with E-state index in [2.05, 4.69) is 113 Å². The molecule has 0 aliphatic carbocycles. The third-order valence-electron chi connectivity index (χ3n) is 8.21. The van der Waals surface area contributed by atoms with Crippen LogP contribution in [0, 0.1) is 6.92 Å². The van der Waals surface area contributed by atoms with Gasteiger partial charge >= 0.3 is 0 Å². The average Bonchev–Trinajstić information content (AvgIpc) is 3.41. The summed E-state index contributed by atoms with van der Waals surface area (Å²) in [5, 5.41) is 5.41. The number of fused-ring (bicyclic) bond motifs is 11. The molecule has 158 valence electrons. The van der Waals surface area contributed by atoms with Gasteiger partial charge in [-0.3, -0.25) is 0 Å². The van der Waals surface area contributed by atoms with Crippen LogP contribution in [0.4, 0.5) is 0 Å². The summed E-state index contributed by atoms with van der Waals surface area (Å²) in [6.07, 6.45) is 0. The molecule has 0 bridgehead atoms. The Hall–Kier alpha value is -4.30. The van der Waals surface area contributed by atoms with Gasteiger partial charge in [-0.1, -0.05) is 72.8 Å². The summed E-state index contributed by atoms with van der Waals surface area (Å²) < 4.78 is 5.06. The Morgan fingerprint density at radius 3 is 2.09 bits per heavy atom. The number of aromatic nitrogens is 2. The third-order valence-corrected chi connectivity index (χ3v) is 8.21. The van der Waals surface area contributed by atoms with Gasteiger partial charge in [0.05, 0.1) is 33.4 Å². The van der Waals surface area contributed by atoms with Crippen LogP contribution in [0.3, 0.4) is 0 Å². The van der Waals surface area contributed by atoms with Crippen molar-refractivity contribution in [2.24, 2.45) is 0 Å². The smallest absolute Gasteiger partial charge is 0.0606 e. The second-order valence-electron chi connectivity index (χ2n) is 9.79. The lowest BCUT2D eigenvalue weighted by Gasteiger charge is -2.35. The predicted molar refractivity (Wildman–Crippen MR) is 141 cm³/mol.